The van der Waals surface area contributed by atoms with Gasteiger partial charge in [-0.2, -0.15) is 0 Å². The van der Waals surface area contributed by atoms with Gasteiger partial charge in [0.25, 0.3) is 5.56 Å². The molecule has 5 rings (SSSR count). The van der Waals surface area contributed by atoms with Gasteiger partial charge in [-0.25, -0.2) is 9.78 Å². The maximum absolute atomic E-state index is 13.3. The van der Waals surface area contributed by atoms with E-state index in [1.54, 1.807) is 17.3 Å². The standard InChI is InChI=1S/C30H36N6O4/c1-18-8-19(2)10-20(9-18)12-31-23-15-33-26-7-6-25(36(26)28(23)38)27(37)34-14-21-11-22-16-35(17-24(22)32-13-21)29(39)40-30(3,4)5/h8-11,13,15,25,31H,6-7,12,14,16-17H2,1-5H3,(H,34,37). The van der Waals surface area contributed by atoms with Crippen LogP contribution in [0.2, 0.25) is 0 Å². The summed E-state index contributed by atoms with van der Waals surface area (Å²) in [7, 11) is 0. The summed E-state index contributed by atoms with van der Waals surface area (Å²) in [6.45, 7) is 11.2. The molecule has 2 aliphatic rings. The Hall–Kier alpha value is -4.21. The number of nitrogens with zero attached hydrogens (tertiary/aromatic N) is 4. The van der Waals surface area contributed by atoms with E-state index in [0.717, 1.165) is 33.5 Å². The third-order valence-corrected chi connectivity index (χ3v) is 7.03. The first-order chi connectivity index (χ1) is 19.0. The van der Waals surface area contributed by atoms with Crippen molar-refractivity contribution in [2.75, 3.05) is 5.32 Å². The number of carbonyl (C=O) groups is 2. The third kappa shape index (κ3) is 6.00. The van der Waals surface area contributed by atoms with E-state index in [-0.39, 0.29) is 24.1 Å². The highest BCUT2D eigenvalue weighted by Crippen LogP contribution is 2.25. The quantitative estimate of drug-likeness (QED) is 0.483. The Morgan fingerprint density at radius 3 is 2.48 bits per heavy atom. The Bertz CT molecular complexity index is 1500. The molecule has 0 spiro atoms. The molecule has 2 N–H and O–H groups in total. The second-order valence-corrected chi connectivity index (χ2v) is 11.7. The molecule has 3 aromatic rings. The number of anilines is 1. The van der Waals surface area contributed by atoms with Crippen molar-refractivity contribution in [2.45, 2.75) is 85.3 Å². The molecular formula is C30H36N6O4. The van der Waals surface area contributed by atoms with Gasteiger partial charge in [0.2, 0.25) is 5.91 Å². The van der Waals surface area contributed by atoms with Crippen LogP contribution in [0.5, 0.6) is 0 Å². The molecule has 0 aliphatic carbocycles. The Morgan fingerprint density at radius 2 is 1.75 bits per heavy atom. The van der Waals surface area contributed by atoms with E-state index in [1.165, 1.54) is 4.57 Å². The SMILES string of the molecule is Cc1cc(C)cc(CNc2cnc3n(c2=O)C(C(=O)NCc2cnc4c(c2)CN(C(=O)OC(C)(C)C)C4)CC3)c1. The van der Waals surface area contributed by atoms with Crippen LogP contribution < -0.4 is 16.2 Å². The zero-order valence-electron chi connectivity index (χ0n) is 23.7. The molecule has 2 aromatic heterocycles. The summed E-state index contributed by atoms with van der Waals surface area (Å²) in [6.07, 6.45) is 3.98. The minimum atomic E-state index is -0.622. The van der Waals surface area contributed by atoms with E-state index < -0.39 is 11.6 Å². The molecule has 1 atom stereocenters. The number of amides is 2. The van der Waals surface area contributed by atoms with Crippen molar-refractivity contribution in [1.82, 2.24) is 24.8 Å². The van der Waals surface area contributed by atoms with E-state index in [9.17, 15) is 14.4 Å². The van der Waals surface area contributed by atoms with Crippen LogP contribution in [0, 0.1) is 13.8 Å². The van der Waals surface area contributed by atoms with E-state index in [1.807, 2.05) is 40.7 Å². The Labute approximate surface area is 233 Å². The largest absolute Gasteiger partial charge is 0.444 e. The van der Waals surface area contributed by atoms with Crippen LogP contribution in [0.15, 0.2) is 41.5 Å². The minimum absolute atomic E-state index is 0.231. The van der Waals surface area contributed by atoms with Gasteiger partial charge in [0.15, 0.2) is 0 Å². The molecule has 2 aliphatic heterocycles. The summed E-state index contributed by atoms with van der Waals surface area (Å²) in [5.74, 6) is 0.383. The molecule has 0 radical (unpaired) electrons. The molecule has 40 heavy (non-hydrogen) atoms. The van der Waals surface area contributed by atoms with Gasteiger partial charge in [-0.15, -0.1) is 0 Å². The lowest BCUT2D eigenvalue weighted by molar-refractivity contribution is -0.124. The number of fused-ring (bicyclic) bond motifs is 2. The van der Waals surface area contributed by atoms with Gasteiger partial charge in [0.1, 0.15) is 23.2 Å². The first-order valence-corrected chi connectivity index (χ1v) is 13.6. The van der Waals surface area contributed by atoms with Crippen molar-refractivity contribution in [3.63, 3.8) is 0 Å². The van der Waals surface area contributed by atoms with Crippen molar-refractivity contribution in [3.05, 3.63) is 86.3 Å². The lowest BCUT2D eigenvalue weighted by Gasteiger charge is -2.23. The van der Waals surface area contributed by atoms with Crippen LogP contribution in [-0.4, -0.2) is 37.0 Å². The molecule has 0 bridgehead atoms. The molecule has 10 nitrogen and oxygen atoms in total. The number of rotatable bonds is 6. The van der Waals surface area contributed by atoms with Crippen LogP contribution in [0.4, 0.5) is 10.5 Å². The van der Waals surface area contributed by atoms with Gasteiger partial charge in [-0.05, 0) is 63.8 Å². The first-order valence-electron chi connectivity index (χ1n) is 13.6. The predicted octanol–water partition coefficient (Wildman–Crippen LogP) is 3.92. The van der Waals surface area contributed by atoms with Crippen LogP contribution in [0.1, 0.15) is 72.6 Å². The lowest BCUT2D eigenvalue weighted by atomic mass is 10.1. The van der Waals surface area contributed by atoms with Crippen LogP contribution in [0.25, 0.3) is 0 Å². The fraction of sp³-hybridized carbons (Fsp3) is 0.433. The molecule has 0 fully saturated rings. The third-order valence-electron chi connectivity index (χ3n) is 7.03. The van der Waals surface area contributed by atoms with Crippen molar-refractivity contribution in [3.8, 4) is 0 Å². The van der Waals surface area contributed by atoms with Gasteiger partial charge in [-0.3, -0.25) is 24.0 Å². The number of hydrogen-bond acceptors (Lipinski definition) is 7. The van der Waals surface area contributed by atoms with Crippen molar-refractivity contribution >= 4 is 17.7 Å². The predicted molar refractivity (Wildman–Crippen MR) is 151 cm³/mol. The number of ether oxygens (including phenoxy) is 1. The molecule has 1 unspecified atom stereocenters. The van der Waals surface area contributed by atoms with Crippen LogP contribution in [0.3, 0.4) is 0 Å². The monoisotopic (exact) mass is 544 g/mol. The van der Waals surface area contributed by atoms with Gasteiger partial charge in [0.05, 0.1) is 25.0 Å². The van der Waals surface area contributed by atoms with E-state index in [0.29, 0.717) is 44.0 Å². The van der Waals surface area contributed by atoms with E-state index in [2.05, 4.69) is 38.8 Å². The summed E-state index contributed by atoms with van der Waals surface area (Å²) in [4.78, 5) is 49.6. The number of benzene rings is 1. The molecule has 1 aromatic carbocycles. The van der Waals surface area contributed by atoms with E-state index in [4.69, 9.17) is 4.74 Å². The van der Waals surface area contributed by atoms with Crippen LogP contribution >= 0.6 is 0 Å². The van der Waals surface area contributed by atoms with Crippen molar-refractivity contribution in [2.24, 2.45) is 0 Å². The van der Waals surface area contributed by atoms with E-state index >= 15 is 0 Å². The number of hydrogen-bond donors (Lipinski definition) is 2. The van der Waals surface area contributed by atoms with Gasteiger partial charge in [0, 0.05) is 25.7 Å². The lowest BCUT2D eigenvalue weighted by Crippen LogP contribution is -2.36. The Morgan fingerprint density at radius 1 is 1.00 bits per heavy atom. The topological polar surface area (TPSA) is 118 Å². The second-order valence-electron chi connectivity index (χ2n) is 11.7. The van der Waals surface area contributed by atoms with Gasteiger partial charge >= 0.3 is 6.09 Å². The maximum atomic E-state index is 13.3. The number of aryl methyl sites for hydroxylation is 3. The summed E-state index contributed by atoms with van der Waals surface area (Å²) >= 11 is 0. The Balaban J connectivity index is 1.22. The number of carbonyl (C=O) groups excluding carboxylic acids is 2. The van der Waals surface area contributed by atoms with Gasteiger partial charge < -0.3 is 15.4 Å². The van der Waals surface area contributed by atoms with Gasteiger partial charge in [-0.1, -0.05) is 29.3 Å². The number of nitrogens with one attached hydrogen (secondary N) is 2. The molecule has 4 heterocycles. The second kappa shape index (κ2) is 10.7. The highest BCUT2D eigenvalue weighted by Gasteiger charge is 2.32. The number of aromatic nitrogens is 3. The molecule has 10 heteroatoms. The Kier molecular flexibility index (Phi) is 7.35. The average Bonchev–Trinajstić information content (AvgIpc) is 3.50. The highest BCUT2D eigenvalue weighted by molar-refractivity contribution is 5.81. The van der Waals surface area contributed by atoms with Crippen molar-refractivity contribution in [1.29, 1.82) is 0 Å². The fourth-order valence-electron chi connectivity index (χ4n) is 5.31. The minimum Gasteiger partial charge on any atom is -0.444 e. The maximum Gasteiger partial charge on any atom is 0.410 e. The molecule has 0 saturated heterocycles. The van der Waals surface area contributed by atoms with Crippen LogP contribution in [-0.2, 0) is 42.1 Å². The molecule has 2 amide bonds. The average molecular weight is 545 g/mol. The molecule has 210 valence electrons. The summed E-state index contributed by atoms with van der Waals surface area (Å²) in [5.41, 5.74) is 5.55. The normalized spacial score (nSPS) is 15.9. The number of pyridine rings is 1. The smallest absolute Gasteiger partial charge is 0.410 e. The highest BCUT2D eigenvalue weighted by atomic mass is 16.6. The first kappa shape index (κ1) is 27.4. The summed E-state index contributed by atoms with van der Waals surface area (Å²) < 4.78 is 6.99. The fourth-order valence-corrected chi connectivity index (χ4v) is 5.31. The summed E-state index contributed by atoms with van der Waals surface area (Å²) in [5, 5.41) is 6.17. The zero-order valence-corrected chi connectivity index (χ0v) is 23.7. The van der Waals surface area contributed by atoms with Crippen molar-refractivity contribution < 1.29 is 14.3 Å². The summed E-state index contributed by atoms with van der Waals surface area (Å²) in [6, 6.07) is 7.60. The molecular weight excluding hydrogens is 508 g/mol. The zero-order chi connectivity index (χ0) is 28.6. The molecule has 0 saturated carbocycles.